The van der Waals surface area contributed by atoms with Crippen LogP contribution in [0.4, 0.5) is 0 Å². The first-order valence-electron chi connectivity index (χ1n) is 6.82. The van der Waals surface area contributed by atoms with Crippen molar-refractivity contribution in [3.05, 3.63) is 28.8 Å². The number of aryl methyl sites for hydroxylation is 2. The lowest BCUT2D eigenvalue weighted by Crippen LogP contribution is -2.45. The van der Waals surface area contributed by atoms with E-state index >= 15 is 0 Å². The summed E-state index contributed by atoms with van der Waals surface area (Å²) in [4.78, 5) is 0. The maximum atomic E-state index is 5.88. The van der Waals surface area contributed by atoms with Crippen molar-refractivity contribution in [1.29, 1.82) is 0 Å². The molecule has 1 aliphatic heterocycles. The molecule has 4 nitrogen and oxygen atoms in total. The van der Waals surface area contributed by atoms with Gasteiger partial charge in [-0.3, -0.25) is 0 Å². The number of nitrogens with one attached hydrogen (secondary N) is 2. The highest BCUT2D eigenvalue weighted by atomic mass is 16.5. The molecule has 4 heteroatoms. The summed E-state index contributed by atoms with van der Waals surface area (Å²) in [5, 5.41) is 6.77. The number of rotatable bonds is 4. The summed E-state index contributed by atoms with van der Waals surface area (Å²) in [7, 11) is 3.70. The number of hydrogen-bond acceptors (Lipinski definition) is 4. The second kappa shape index (κ2) is 6.37. The Balaban J connectivity index is 2.29. The van der Waals surface area contributed by atoms with Crippen molar-refractivity contribution in [3.8, 4) is 5.75 Å². The quantitative estimate of drug-likeness (QED) is 0.866. The molecule has 0 aliphatic carbocycles. The van der Waals surface area contributed by atoms with Crippen molar-refractivity contribution in [2.24, 2.45) is 0 Å². The van der Waals surface area contributed by atoms with Crippen LogP contribution in [0.5, 0.6) is 5.75 Å². The lowest BCUT2D eigenvalue weighted by Gasteiger charge is -2.32. The third kappa shape index (κ3) is 3.08. The first-order chi connectivity index (χ1) is 9.17. The Bertz CT molecular complexity index is 428. The van der Waals surface area contributed by atoms with Crippen LogP contribution in [0.15, 0.2) is 12.1 Å². The van der Waals surface area contributed by atoms with Gasteiger partial charge in [-0.15, -0.1) is 0 Å². The van der Waals surface area contributed by atoms with E-state index in [0.717, 1.165) is 31.0 Å². The van der Waals surface area contributed by atoms with Crippen LogP contribution in [0.25, 0.3) is 0 Å². The molecule has 2 unspecified atom stereocenters. The Morgan fingerprint density at radius 1 is 1.37 bits per heavy atom. The maximum Gasteiger partial charge on any atom is 0.122 e. The van der Waals surface area contributed by atoms with Crippen LogP contribution in [0, 0.1) is 13.8 Å². The summed E-state index contributed by atoms with van der Waals surface area (Å²) in [6, 6.07) is 4.51. The number of hydrogen-bond donors (Lipinski definition) is 2. The summed E-state index contributed by atoms with van der Waals surface area (Å²) in [6.07, 6.45) is 0.172. The minimum absolute atomic E-state index is 0.172. The van der Waals surface area contributed by atoms with E-state index in [1.54, 1.807) is 7.11 Å². The molecule has 1 heterocycles. The highest BCUT2D eigenvalue weighted by molar-refractivity contribution is 5.43. The minimum atomic E-state index is 0.172. The molecule has 0 radical (unpaired) electrons. The van der Waals surface area contributed by atoms with Gasteiger partial charge in [0.2, 0.25) is 0 Å². The van der Waals surface area contributed by atoms with E-state index in [2.05, 4.69) is 36.6 Å². The fourth-order valence-corrected chi connectivity index (χ4v) is 2.71. The minimum Gasteiger partial charge on any atom is -0.496 e. The van der Waals surface area contributed by atoms with Gasteiger partial charge in [-0.1, -0.05) is 6.07 Å². The molecule has 0 aromatic heterocycles. The molecule has 1 aliphatic rings. The van der Waals surface area contributed by atoms with E-state index in [1.807, 2.05) is 7.05 Å². The molecular formula is C15H24N2O2. The van der Waals surface area contributed by atoms with Crippen LogP contribution in [-0.4, -0.2) is 40.0 Å². The van der Waals surface area contributed by atoms with Gasteiger partial charge in [0.05, 0.1) is 25.9 Å². The molecule has 1 aromatic carbocycles. The Morgan fingerprint density at radius 2 is 2.16 bits per heavy atom. The summed E-state index contributed by atoms with van der Waals surface area (Å²) < 4.78 is 11.3. The third-order valence-electron chi connectivity index (χ3n) is 3.76. The molecule has 0 spiro atoms. The number of ether oxygens (including phenoxy) is 2. The van der Waals surface area contributed by atoms with Crippen LogP contribution < -0.4 is 15.4 Å². The molecule has 1 saturated heterocycles. The zero-order chi connectivity index (χ0) is 13.8. The average molecular weight is 264 g/mol. The van der Waals surface area contributed by atoms with E-state index < -0.39 is 0 Å². The van der Waals surface area contributed by atoms with Gasteiger partial charge in [0, 0.05) is 13.1 Å². The lowest BCUT2D eigenvalue weighted by atomic mass is 9.94. The van der Waals surface area contributed by atoms with Crippen molar-refractivity contribution in [2.75, 3.05) is 33.9 Å². The van der Waals surface area contributed by atoms with Gasteiger partial charge in [-0.2, -0.15) is 0 Å². The standard InChI is InChI=1S/C15H24N2O2/c1-10-8-13(18-4)11(2)7-12(10)15(16-3)14-9-17-5-6-19-14/h7-8,14-17H,5-6,9H2,1-4H3. The van der Waals surface area contributed by atoms with Gasteiger partial charge in [-0.25, -0.2) is 0 Å². The zero-order valence-corrected chi connectivity index (χ0v) is 12.2. The van der Waals surface area contributed by atoms with Gasteiger partial charge < -0.3 is 20.1 Å². The molecule has 106 valence electrons. The summed E-state index contributed by atoms with van der Waals surface area (Å²) in [5.41, 5.74) is 3.68. The van der Waals surface area contributed by atoms with Crippen molar-refractivity contribution in [2.45, 2.75) is 26.0 Å². The Labute approximate surface area is 115 Å². The zero-order valence-electron chi connectivity index (χ0n) is 12.2. The molecule has 2 atom stereocenters. The normalized spacial score (nSPS) is 21.2. The van der Waals surface area contributed by atoms with E-state index in [4.69, 9.17) is 9.47 Å². The molecule has 0 saturated carbocycles. The van der Waals surface area contributed by atoms with Crippen molar-refractivity contribution in [3.63, 3.8) is 0 Å². The van der Waals surface area contributed by atoms with Gasteiger partial charge >= 0.3 is 0 Å². The van der Waals surface area contributed by atoms with Crippen molar-refractivity contribution < 1.29 is 9.47 Å². The average Bonchev–Trinajstić information content (AvgIpc) is 2.44. The number of likely N-dealkylation sites (N-methyl/N-ethyl adjacent to an activating group) is 1. The Kier molecular flexibility index (Phi) is 4.80. The highest BCUT2D eigenvalue weighted by Crippen LogP contribution is 2.29. The molecule has 1 aromatic rings. The lowest BCUT2D eigenvalue weighted by molar-refractivity contribution is 0.00523. The fourth-order valence-electron chi connectivity index (χ4n) is 2.71. The van der Waals surface area contributed by atoms with Gasteiger partial charge in [0.15, 0.2) is 0 Å². The van der Waals surface area contributed by atoms with Gasteiger partial charge in [0.25, 0.3) is 0 Å². The molecule has 2 rings (SSSR count). The predicted molar refractivity (Wildman–Crippen MR) is 76.9 cm³/mol. The first-order valence-corrected chi connectivity index (χ1v) is 6.82. The number of benzene rings is 1. The number of morpholine rings is 1. The first kappa shape index (κ1) is 14.3. The third-order valence-corrected chi connectivity index (χ3v) is 3.76. The molecule has 0 bridgehead atoms. The highest BCUT2D eigenvalue weighted by Gasteiger charge is 2.26. The number of methoxy groups -OCH3 is 1. The van der Waals surface area contributed by atoms with Crippen LogP contribution >= 0.6 is 0 Å². The van der Waals surface area contributed by atoms with Gasteiger partial charge in [0.1, 0.15) is 5.75 Å². The van der Waals surface area contributed by atoms with Crippen LogP contribution in [0.2, 0.25) is 0 Å². The van der Waals surface area contributed by atoms with E-state index in [9.17, 15) is 0 Å². The fraction of sp³-hybridized carbons (Fsp3) is 0.600. The largest absolute Gasteiger partial charge is 0.496 e. The summed E-state index contributed by atoms with van der Waals surface area (Å²) in [6.45, 7) is 6.80. The van der Waals surface area contributed by atoms with E-state index in [0.29, 0.717) is 0 Å². The van der Waals surface area contributed by atoms with Crippen molar-refractivity contribution in [1.82, 2.24) is 10.6 Å². The maximum absolute atomic E-state index is 5.88. The van der Waals surface area contributed by atoms with E-state index in [1.165, 1.54) is 11.1 Å². The molecule has 0 amide bonds. The topological polar surface area (TPSA) is 42.5 Å². The van der Waals surface area contributed by atoms with Crippen LogP contribution in [0.3, 0.4) is 0 Å². The molecule has 2 N–H and O–H groups in total. The SMILES string of the molecule is CNC(c1cc(C)c(OC)cc1C)C1CNCCO1. The second-order valence-corrected chi connectivity index (χ2v) is 5.06. The van der Waals surface area contributed by atoms with E-state index in [-0.39, 0.29) is 12.1 Å². The smallest absolute Gasteiger partial charge is 0.122 e. The second-order valence-electron chi connectivity index (χ2n) is 5.06. The van der Waals surface area contributed by atoms with Crippen molar-refractivity contribution >= 4 is 0 Å². The summed E-state index contributed by atoms with van der Waals surface area (Å²) in [5.74, 6) is 0.943. The monoisotopic (exact) mass is 264 g/mol. The molecule has 1 fully saturated rings. The van der Waals surface area contributed by atoms with Gasteiger partial charge in [-0.05, 0) is 43.7 Å². The molecule has 19 heavy (non-hydrogen) atoms. The predicted octanol–water partition coefficient (Wildman–Crippen LogP) is 1.56. The van der Waals surface area contributed by atoms with Crippen LogP contribution in [-0.2, 0) is 4.74 Å². The Morgan fingerprint density at radius 3 is 2.74 bits per heavy atom. The summed E-state index contributed by atoms with van der Waals surface area (Å²) >= 11 is 0. The Hall–Kier alpha value is -1.10. The van der Waals surface area contributed by atoms with Crippen LogP contribution in [0.1, 0.15) is 22.7 Å². The molecular weight excluding hydrogens is 240 g/mol.